The molecule has 260 valence electrons. The molecule has 6 aromatic rings. The largest absolute Gasteiger partial charge is 0.339 e. The minimum atomic E-state index is 0.375. The zero-order valence-corrected chi connectivity index (χ0v) is 30.9. The van der Waals surface area contributed by atoms with E-state index in [0.717, 1.165) is 63.5 Å². The van der Waals surface area contributed by atoms with Gasteiger partial charge in [0.05, 0.1) is 33.8 Å². The van der Waals surface area contributed by atoms with Crippen LogP contribution in [0.2, 0.25) is 0 Å². The SMILES string of the molecule is CCCCn1c2ccccc2c2cc(CNCCCCCNCc3cc4c5ccccc5n(CCCC)c4c(C(C)C)n3)nc(C(C)C)c21. The highest BCUT2D eigenvalue weighted by molar-refractivity contribution is 6.10. The number of para-hydroxylation sites is 2. The van der Waals surface area contributed by atoms with E-state index in [4.69, 9.17) is 9.97 Å². The maximum Gasteiger partial charge on any atom is 0.0713 e. The van der Waals surface area contributed by atoms with Crippen LogP contribution in [-0.2, 0) is 26.2 Å². The van der Waals surface area contributed by atoms with E-state index in [1.165, 1.54) is 87.1 Å². The molecule has 6 nitrogen and oxygen atoms in total. The Bertz CT molecular complexity index is 1850. The molecule has 4 heterocycles. The third-order valence-electron chi connectivity index (χ3n) is 10.0. The van der Waals surface area contributed by atoms with Crippen molar-refractivity contribution in [3.63, 3.8) is 0 Å². The Morgan fingerprint density at radius 2 is 0.980 bits per heavy atom. The number of rotatable bonds is 18. The Morgan fingerprint density at radius 1 is 0.551 bits per heavy atom. The second kappa shape index (κ2) is 16.3. The molecule has 6 heteroatoms. The average Bonchev–Trinajstić information content (AvgIpc) is 3.60. The lowest BCUT2D eigenvalue weighted by Crippen LogP contribution is -2.18. The van der Waals surface area contributed by atoms with Gasteiger partial charge in [0.25, 0.3) is 0 Å². The first-order valence-corrected chi connectivity index (χ1v) is 19.2. The fourth-order valence-corrected chi connectivity index (χ4v) is 7.51. The topological polar surface area (TPSA) is 59.7 Å². The van der Waals surface area contributed by atoms with E-state index in [1.807, 2.05) is 0 Å². The molecule has 0 aliphatic rings. The van der Waals surface area contributed by atoms with E-state index in [-0.39, 0.29) is 0 Å². The first kappa shape index (κ1) is 35.1. The van der Waals surface area contributed by atoms with Gasteiger partial charge in [0, 0.05) is 58.8 Å². The molecule has 0 bridgehead atoms. The number of unbranched alkanes of at least 4 members (excludes halogenated alkanes) is 4. The van der Waals surface area contributed by atoms with Gasteiger partial charge in [0.1, 0.15) is 0 Å². The third kappa shape index (κ3) is 7.56. The summed E-state index contributed by atoms with van der Waals surface area (Å²) in [6, 6.07) is 22.4. The molecule has 0 fully saturated rings. The number of pyridine rings is 2. The first-order chi connectivity index (χ1) is 23.9. The van der Waals surface area contributed by atoms with E-state index in [9.17, 15) is 0 Å². The maximum atomic E-state index is 5.22. The number of hydrogen-bond donors (Lipinski definition) is 2. The molecule has 0 radical (unpaired) electrons. The highest BCUT2D eigenvalue weighted by atomic mass is 15.0. The normalized spacial score (nSPS) is 12.2. The molecular formula is C43H58N6. The van der Waals surface area contributed by atoms with Crippen molar-refractivity contribution in [3.8, 4) is 0 Å². The molecule has 49 heavy (non-hydrogen) atoms. The van der Waals surface area contributed by atoms with Gasteiger partial charge in [-0.25, -0.2) is 0 Å². The molecule has 4 aromatic heterocycles. The Morgan fingerprint density at radius 3 is 1.39 bits per heavy atom. The van der Waals surface area contributed by atoms with Crippen LogP contribution in [0.25, 0.3) is 43.6 Å². The van der Waals surface area contributed by atoms with Gasteiger partial charge in [-0.2, -0.15) is 0 Å². The van der Waals surface area contributed by atoms with Crippen LogP contribution >= 0.6 is 0 Å². The molecule has 2 aromatic carbocycles. The molecular weight excluding hydrogens is 601 g/mol. The van der Waals surface area contributed by atoms with Crippen molar-refractivity contribution in [1.82, 2.24) is 29.7 Å². The smallest absolute Gasteiger partial charge is 0.0713 e. The lowest BCUT2D eigenvalue weighted by molar-refractivity contribution is 0.565. The van der Waals surface area contributed by atoms with Gasteiger partial charge in [-0.1, -0.05) is 97.2 Å². The Labute approximate surface area is 293 Å². The van der Waals surface area contributed by atoms with Crippen molar-refractivity contribution in [2.45, 2.75) is 125 Å². The van der Waals surface area contributed by atoms with Gasteiger partial charge >= 0.3 is 0 Å². The van der Waals surface area contributed by atoms with E-state index in [2.05, 4.69) is 122 Å². The van der Waals surface area contributed by atoms with E-state index in [0.29, 0.717) is 11.8 Å². The van der Waals surface area contributed by atoms with E-state index >= 15 is 0 Å². The predicted octanol–water partition coefficient (Wildman–Crippen LogP) is 10.6. The number of benzene rings is 2. The highest BCUT2D eigenvalue weighted by Gasteiger charge is 2.19. The lowest BCUT2D eigenvalue weighted by Gasteiger charge is -2.14. The Balaban J connectivity index is 1.03. The molecule has 2 N–H and O–H groups in total. The predicted molar refractivity (Wildman–Crippen MR) is 210 cm³/mol. The molecule has 0 saturated heterocycles. The Kier molecular flexibility index (Phi) is 11.7. The second-order valence-corrected chi connectivity index (χ2v) is 14.6. The molecule has 0 aliphatic heterocycles. The van der Waals surface area contributed by atoms with Crippen LogP contribution in [0.5, 0.6) is 0 Å². The summed E-state index contributed by atoms with van der Waals surface area (Å²) in [5, 5.41) is 12.8. The molecule has 0 aliphatic carbocycles. The lowest BCUT2D eigenvalue weighted by atomic mass is 10.0. The van der Waals surface area contributed by atoms with Gasteiger partial charge in [-0.3, -0.25) is 9.97 Å². The van der Waals surface area contributed by atoms with Crippen molar-refractivity contribution >= 4 is 43.6 Å². The standard InChI is InChI=1S/C43H58N6/c1-7-9-24-48-38-20-14-12-18-34(38)36-26-32(46-40(30(3)4)42(36)48)28-44-22-16-11-17-23-45-29-33-27-37-35-19-13-15-21-39(35)49(25-10-8-2)43(37)41(47-33)31(5)6/h12-15,18-21,26-27,30-31,44-45H,7-11,16-17,22-25,28-29H2,1-6H3. The van der Waals surface area contributed by atoms with Crippen molar-refractivity contribution < 1.29 is 0 Å². The molecule has 0 saturated carbocycles. The van der Waals surface area contributed by atoms with Crippen molar-refractivity contribution in [2.75, 3.05) is 13.1 Å². The Hall–Kier alpha value is -3.74. The van der Waals surface area contributed by atoms with Gasteiger partial charge in [0.2, 0.25) is 0 Å². The summed E-state index contributed by atoms with van der Waals surface area (Å²) < 4.78 is 5.04. The molecule has 0 amide bonds. The first-order valence-electron chi connectivity index (χ1n) is 19.2. The fourth-order valence-electron chi connectivity index (χ4n) is 7.51. The fraction of sp³-hybridized carbons (Fsp3) is 0.488. The van der Waals surface area contributed by atoms with Crippen molar-refractivity contribution in [3.05, 3.63) is 83.4 Å². The summed E-state index contributed by atoms with van der Waals surface area (Å²) in [6.45, 7) is 19.4. The summed E-state index contributed by atoms with van der Waals surface area (Å²) in [5.41, 5.74) is 10.1. The van der Waals surface area contributed by atoms with Gasteiger partial charge in [-0.15, -0.1) is 0 Å². The van der Waals surface area contributed by atoms with E-state index in [1.54, 1.807) is 0 Å². The summed E-state index contributed by atoms with van der Waals surface area (Å²) >= 11 is 0. The van der Waals surface area contributed by atoms with Crippen LogP contribution in [0, 0.1) is 0 Å². The molecule has 0 spiro atoms. The summed E-state index contributed by atoms with van der Waals surface area (Å²) in [4.78, 5) is 10.4. The number of nitrogens with one attached hydrogen (secondary N) is 2. The average molecular weight is 659 g/mol. The van der Waals surface area contributed by atoms with Crippen LogP contribution in [0.1, 0.15) is 121 Å². The minimum Gasteiger partial charge on any atom is -0.339 e. The molecule has 6 rings (SSSR count). The van der Waals surface area contributed by atoms with Crippen LogP contribution < -0.4 is 10.6 Å². The molecule has 0 atom stereocenters. The van der Waals surface area contributed by atoms with Crippen LogP contribution in [0.3, 0.4) is 0 Å². The number of fused-ring (bicyclic) bond motifs is 6. The minimum absolute atomic E-state index is 0.375. The van der Waals surface area contributed by atoms with E-state index < -0.39 is 0 Å². The summed E-state index contributed by atoms with van der Waals surface area (Å²) in [5.74, 6) is 0.750. The summed E-state index contributed by atoms with van der Waals surface area (Å²) in [6.07, 6.45) is 8.27. The zero-order chi connectivity index (χ0) is 34.3. The number of aryl methyl sites for hydroxylation is 2. The monoisotopic (exact) mass is 658 g/mol. The quantitative estimate of drug-likeness (QED) is 0.0903. The molecule has 0 unspecified atom stereocenters. The zero-order valence-electron chi connectivity index (χ0n) is 30.9. The van der Waals surface area contributed by atoms with Crippen LogP contribution in [0.15, 0.2) is 60.7 Å². The van der Waals surface area contributed by atoms with Crippen molar-refractivity contribution in [2.24, 2.45) is 0 Å². The van der Waals surface area contributed by atoms with Gasteiger partial charge < -0.3 is 19.8 Å². The number of aromatic nitrogens is 4. The van der Waals surface area contributed by atoms with Crippen LogP contribution in [-0.4, -0.2) is 32.2 Å². The highest BCUT2D eigenvalue weighted by Crippen LogP contribution is 2.35. The van der Waals surface area contributed by atoms with Crippen molar-refractivity contribution in [1.29, 1.82) is 0 Å². The van der Waals surface area contributed by atoms with Gasteiger partial charge in [-0.05, 0) is 74.9 Å². The summed E-state index contributed by atoms with van der Waals surface area (Å²) in [7, 11) is 0. The third-order valence-corrected chi connectivity index (χ3v) is 10.0. The second-order valence-electron chi connectivity index (χ2n) is 14.6. The van der Waals surface area contributed by atoms with Crippen LogP contribution in [0.4, 0.5) is 0 Å². The van der Waals surface area contributed by atoms with Gasteiger partial charge in [0.15, 0.2) is 0 Å². The number of hydrogen-bond acceptors (Lipinski definition) is 4. The maximum absolute atomic E-state index is 5.22. The number of nitrogens with zero attached hydrogens (tertiary/aromatic N) is 4.